The summed E-state index contributed by atoms with van der Waals surface area (Å²) < 4.78 is 0. The van der Waals surface area contributed by atoms with Crippen LogP contribution in [0.1, 0.15) is 68.2 Å². The minimum Gasteiger partial charge on any atom is -0.332 e. The molecule has 1 aromatic carbocycles. The highest BCUT2D eigenvalue weighted by Gasteiger charge is 2.34. The molecule has 1 saturated carbocycles. The summed E-state index contributed by atoms with van der Waals surface area (Å²) in [6.45, 7) is 9.44. The van der Waals surface area contributed by atoms with Crippen molar-refractivity contribution in [3.63, 3.8) is 0 Å². The average molecular weight is 441 g/mol. The highest BCUT2D eigenvalue weighted by atomic mass is 32.1. The number of aryl methyl sites for hydroxylation is 1. The summed E-state index contributed by atoms with van der Waals surface area (Å²) in [5.74, 6) is 0.212. The summed E-state index contributed by atoms with van der Waals surface area (Å²) in [5.41, 5.74) is 0.715. The van der Waals surface area contributed by atoms with E-state index in [0.29, 0.717) is 13.1 Å². The molecule has 1 aliphatic rings. The summed E-state index contributed by atoms with van der Waals surface area (Å²) in [7, 11) is 0. The number of carbonyl (C=O) groups is 2. The molecule has 2 amide bonds. The van der Waals surface area contributed by atoms with E-state index in [1.165, 1.54) is 16.2 Å². The van der Waals surface area contributed by atoms with Crippen LogP contribution in [-0.4, -0.2) is 33.7 Å². The number of hydrogen-bond donors (Lipinski definition) is 0. The Morgan fingerprint density at radius 2 is 1.65 bits per heavy atom. The van der Waals surface area contributed by atoms with Gasteiger partial charge in [0.25, 0.3) is 0 Å². The Kier molecular flexibility index (Phi) is 7.93. The molecule has 2 aromatic rings. The number of hydrogen-bond acceptors (Lipinski definition) is 3. The zero-order valence-electron chi connectivity index (χ0n) is 19.4. The standard InChI is InChI=1S/C26H36N2O2S/c1-20-15-16-23(31-20)18-27(17-21-11-7-5-8-12-21)24(29)19-28(26(2,3)4)25(30)22-13-9-6-10-14-22/h5,7-8,11-12,15-16,22H,6,9-10,13-14,17-19H2,1-4H3. The van der Waals surface area contributed by atoms with Crippen molar-refractivity contribution in [1.82, 2.24) is 9.80 Å². The van der Waals surface area contributed by atoms with Crippen molar-refractivity contribution in [2.75, 3.05) is 6.54 Å². The summed E-state index contributed by atoms with van der Waals surface area (Å²) >= 11 is 1.72. The van der Waals surface area contributed by atoms with Crippen LogP contribution in [-0.2, 0) is 22.7 Å². The lowest BCUT2D eigenvalue weighted by Crippen LogP contribution is -2.53. The molecule has 0 unspecified atom stereocenters. The lowest BCUT2D eigenvalue weighted by atomic mass is 9.87. The zero-order chi connectivity index (χ0) is 22.4. The van der Waals surface area contributed by atoms with Crippen LogP contribution in [0.3, 0.4) is 0 Å². The molecule has 3 rings (SSSR count). The Hall–Kier alpha value is -2.14. The van der Waals surface area contributed by atoms with Gasteiger partial charge in [0, 0.05) is 27.8 Å². The van der Waals surface area contributed by atoms with Crippen LogP contribution in [0.4, 0.5) is 0 Å². The van der Waals surface area contributed by atoms with Gasteiger partial charge in [-0.15, -0.1) is 11.3 Å². The topological polar surface area (TPSA) is 40.6 Å². The Bertz CT molecular complexity index is 863. The van der Waals surface area contributed by atoms with Gasteiger partial charge in [-0.1, -0.05) is 49.6 Å². The van der Waals surface area contributed by atoms with Crippen molar-refractivity contribution in [1.29, 1.82) is 0 Å². The number of nitrogens with zero attached hydrogens (tertiary/aromatic N) is 2. The van der Waals surface area contributed by atoms with Gasteiger partial charge in [-0.2, -0.15) is 0 Å². The monoisotopic (exact) mass is 440 g/mol. The molecule has 0 atom stereocenters. The van der Waals surface area contributed by atoms with Crippen molar-refractivity contribution in [2.24, 2.45) is 5.92 Å². The lowest BCUT2D eigenvalue weighted by molar-refractivity contribution is -0.148. The van der Waals surface area contributed by atoms with Crippen LogP contribution in [0, 0.1) is 12.8 Å². The molecular formula is C26H36N2O2S. The van der Waals surface area contributed by atoms with E-state index in [2.05, 4.69) is 31.2 Å². The maximum absolute atomic E-state index is 13.5. The van der Waals surface area contributed by atoms with Gasteiger partial charge in [0.1, 0.15) is 6.54 Å². The molecule has 0 aliphatic heterocycles. The number of rotatable bonds is 7. The summed E-state index contributed by atoms with van der Waals surface area (Å²) in [4.78, 5) is 33.0. The molecular weight excluding hydrogens is 404 g/mol. The fourth-order valence-corrected chi connectivity index (χ4v) is 5.15. The fourth-order valence-electron chi connectivity index (χ4n) is 4.25. The Labute approximate surface area is 191 Å². The van der Waals surface area contributed by atoms with Crippen molar-refractivity contribution < 1.29 is 9.59 Å². The van der Waals surface area contributed by atoms with E-state index < -0.39 is 0 Å². The maximum Gasteiger partial charge on any atom is 0.242 e. The van der Waals surface area contributed by atoms with Crippen molar-refractivity contribution in [3.8, 4) is 0 Å². The Morgan fingerprint density at radius 3 is 2.23 bits per heavy atom. The predicted molar refractivity (Wildman–Crippen MR) is 128 cm³/mol. The fraction of sp³-hybridized carbons (Fsp3) is 0.538. The maximum atomic E-state index is 13.5. The molecule has 1 aliphatic carbocycles. The van der Waals surface area contributed by atoms with Gasteiger partial charge >= 0.3 is 0 Å². The molecule has 0 saturated heterocycles. The Balaban J connectivity index is 1.79. The van der Waals surface area contributed by atoms with Crippen LogP contribution in [0.5, 0.6) is 0 Å². The van der Waals surface area contributed by atoms with E-state index in [-0.39, 0.29) is 29.8 Å². The minimum atomic E-state index is -0.387. The molecule has 0 radical (unpaired) electrons. The van der Waals surface area contributed by atoms with E-state index in [9.17, 15) is 9.59 Å². The van der Waals surface area contributed by atoms with Crippen molar-refractivity contribution in [3.05, 3.63) is 57.8 Å². The first kappa shape index (κ1) is 23.5. The van der Waals surface area contributed by atoms with Crippen LogP contribution in [0.2, 0.25) is 0 Å². The number of thiophene rings is 1. The first-order valence-corrected chi connectivity index (χ1v) is 12.2. The van der Waals surface area contributed by atoms with Crippen molar-refractivity contribution in [2.45, 2.75) is 78.4 Å². The predicted octanol–water partition coefficient (Wildman–Crippen LogP) is 5.79. The molecule has 168 valence electrons. The number of benzene rings is 1. The van der Waals surface area contributed by atoms with E-state index in [1.807, 2.05) is 48.8 Å². The van der Waals surface area contributed by atoms with Crippen LogP contribution in [0.15, 0.2) is 42.5 Å². The van der Waals surface area contributed by atoms with Crippen molar-refractivity contribution >= 4 is 23.2 Å². The molecule has 1 fully saturated rings. The third-order valence-corrected chi connectivity index (χ3v) is 7.02. The van der Waals surface area contributed by atoms with Gasteiger partial charge in [0.05, 0.1) is 6.54 Å². The lowest BCUT2D eigenvalue weighted by Gasteiger charge is -2.39. The summed E-state index contributed by atoms with van der Waals surface area (Å²) in [6, 6.07) is 14.3. The van der Waals surface area contributed by atoms with Gasteiger partial charge in [-0.3, -0.25) is 9.59 Å². The smallest absolute Gasteiger partial charge is 0.242 e. The molecule has 1 aromatic heterocycles. The number of carbonyl (C=O) groups excluding carboxylic acids is 2. The first-order valence-electron chi connectivity index (χ1n) is 11.4. The first-order chi connectivity index (χ1) is 14.7. The third kappa shape index (κ3) is 6.67. The second-order valence-electron chi connectivity index (χ2n) is 9.68. The third-order valence-electron chi connectivity index (χ3n) is 6.04. The number of amides is 2. The van der Waals surface area contributed by atoms with Gasteiger partial charge in [0.15, 0.2) is 0 Å². The summed E-state index contributed by atoms with van der Waals surface area (Å²) in [6.07, 6.45) is 5.33. The molecule has 5 heteroatoms. The highest BCUT2D eigenvalue weighted by molar-refractivity contribution is 7.11. The summed E-state index contributed by atoms with van der Waals surface area (Å²) in [5, 5.41) is 0. The van der Waals surface area contributed by atoms with E-state index in [4.69, 9.17) is 0 Å². The highest BCUT2D eigenvalue weighted by Crippen LogP contribution is 2.28. The molecule has 1 heterocycles. The molecule has 31 heavy (non-hydrogen) atoms. The van der Waals surface area contributed by atoms with Crippen LogP contribution >= 0.6 is 11.3 Å². The molecule has 0 spiro atoms. The molecule has 4 nitrogen and oxygen atoms in total. The Morgan fingerprint density at radius 1 is 0.968 bits per heavy atom. The van der Waals surface area contributed by atoms with Crippen LogP contribution in [0.25, 0.3) is 0 Å². The quantitative estimate of drug-likeness (QED) is 0.546. The molecule has 0 bridgehead atoms. The minimum absolute atomic E-state index is 0.00832. The van der Waals surface area contributed by atoms with Gasteiger partial charge in [-0.05, 0) is 58.2 Å². The van der Waals surface area contributed by atoms with Crippen LogP contribution < -0.4 is 0 Å². The SMILES string of the molecule is Cc1ccc(CN(Cc2ccccc2)C(=O)CN(C(=O)C2CCCCC2)C(C)(C)C)s1. The second kappa shape index (κ2) is 10.4. The average Bonchev–Trinajstić information content (AvgIpc) is 3.16. The van der Waals surface area contributed by atoms with E-state index >= 15 is 0 Å². The van der Waals surface area contributed by atoms with Gasteiger partial charge in [-0.25, -0.2) is 0 Å². The van der Waals surface area contributed by atoms with Gasteiger partial charge < -0.3 is 9.80 Å². The second-order valence-corrected chi connectivity index (χ2v) is 11.1. The van der Waals surface area contributed by atoms with Gasteiger partial charge in [0.2, 0.25) is 11.8 Å². The molecule has 0 N–H and O–H groups in total. The van der Waals surface area contributed by atoms with E-state index in [0.717, 1.165) is 31.2 Å². The normalized spacial score (nSPS) is 15.0. The largest absolute Gasteiger partial charge is 0.332 e. The zero-order valence-corrected chi connectivity index (χ0v) is 20.2. The van der Waals surface area contributed by atoms with E-state index in [1.54, 1.807) is 11.3 Å².